The average Bonchev–Trinajstić information content (AvgIpc) is 2.56. The SMILES string of the molecule is CCOCCCN1CCC(NC(=O)c2cc(N)ccc2C)C(C)C1.Cl.Cl. The van der Waals surface area contributed by atoms with Crippen molar-refractivity contribution in [2.24, 2.45) is 5.92 Å². The van der Waals surface area contributed by atoms with Crippen LogP contribution in [0.1, 0.15) is 42.6 Å². The summed E-state index contributed by atoms with van der Waals surface area (Å²) in [6.07, 6.45) is 2.06. The molecule has 0 saturated carbocycles. The Morgan fingerprint density at radius 3 is 2.77 bits per heavy atom. The quantitative estimate of drug-likeness (QED) is 0.539. The van der Waals surface area contributed by atoms with Crippen molar-refractivity contribution in [3.05, 3.63) is 29.3 Å². The summed E-state index contributed by atoms with van der Waals surface area (Å²) < 4.78 is 5.40. The Bertz CT molecular complexity index is 558. The Kier molecular flexibility index (Phi) is 11.9. The molecule has 150 valence electrons. The number of nitrogens with one attached hydrogen (secondary N) is 1. The van der Waals surface area contributed by atoms with E-state index in [0.717, 1.165) is 51.3 Å². The largest absolute Gasteiger partial charge is 0.399 e. The van der Waals surface area contributed by atoms with Gasteiger partial charge in [-0.1, -0.05) is 13.0 Å². The molecular weight excluding hydrogens is 373 g/mol. The van der Waals surface area contributed by atoms with Crippen LogP contribution < -0.4 is 11.1 Å². The van der Waals surface area contributed by atoms with Gasteiger partial charge in [0.2, 0.25) is 0 Å². The summed E-state index contributed by atoms with van der Waals surface area (Å²) >= 11 is 0. The molecule has 0 aromatic heterocycles. The van der Waals surface area contributed by atoms with Gasteiger partial charge in [0.05, 0.1) is 0 Å². The number of benzene rings is 1. The van der Waals surface area contributed by atoms with E-state index in [1.54, 1.807) is 6.07 Å². The molecular formula is C19H33Cl2N3O2. The van der Waals surface area contributed by atoms with Gasteiger partial charge >= 0.3 is 0 Å². The second-order valence-corrected chi connectivity index (χ2v) is 6.77. The molecule has 0 bridgehead atoms. The first-order valence-electron chi connectivity index (χ1n) is 8.98. The lowest BCUT2D eigenvalue weighted by Crippen LogP contribution is -2.50. The fourth-order valence-corrected chi connectivity index (χ4v) is 3.31. The number of carbonyl (C=O) groups is 1. The van der Waals surface area contributed by atoms with Crippen LogP contribution in [-0.2, 0) is 4.74 Å². The van der Waals surface area contributed by atoms with Crippen LogP contribution in [0.25, 0.3) is 0 Å². The molecule has 1 aliphatic heterocycles. The lowest BCUT2D eigenvalue weighted by atomic mass is 9.93. The molecule has 1 heterocycles. The minimum absolute atomic E-state index is 0. The zero-order chi connectivity index (χ0) is 17.5. The number of ether oxygens (including phenoxy) is 1. The summed E-state index contributed by atoms with van der Waals surface area (Å²) in [4.78, 5) is 15.0. The summed E-state index contributed by atoms with van der Waals surface area (Å²) in [6, 6.07) is 5.71. The highest BCUT2D eigenvalue weighted by molar-refractivity contribution is 5.96. The summed E-state index contributed by atoms with van der Waals surface area (Å²) in [5.74, 6) is 0.428. The van der Waals surface area contributed by atoms with Crippen molar-refractivity contribution in [2.45, 2.75) is 39.7 Å². The number of carbonyl (C=O) groups excluding carboxylic acids is 1. The molecule has 26 heavy (non-hydrogen) atoms. The van der Waals surface area contributed by atoms with Crippen LogP contribution in [0.2, 0.25) is 0 Å². The van der Waals surface area contributed by atoms with Crippen molar-refractivity contribution in [3.8, 4) is 0 Å². The first kappa shape index (κ1) is 25.0. The van der Waals surface area contributed by atoms with Gasteiger partial charge in [-0.2, -0.15) is 0 Å². The molecule has 3 N–H and O–H groups in total. The normalized spacial score (nSPS) is 20.0. The Labute approximate surface area is 169 Å². The minimum Gasteiger partial charge on any atom is -0.399 e. The Balaban J connectivity index is 0.00000312. The van der Waals surface area contributed by atoms with E-state index in [4.69, 9.17) is 10.5 Å². The number of rotatable bonds is 7. The smallest absolute Gasteiger partial charge is 0.251 e. The van der Waals surface area contributed by atoms with Crippen LogP contribution in [0.3, 0.4) is 0 Å². The maximum atomic E-state index is 12.6. The Hall–Kier alpha value is -1.01. The third-order valence-corrected chi connectivity index (χ3v) is 4.78. The predicted octanol–water partition coefficient (Wildman–Crippen LogP) is 3.29. The molecule has 1 amide bonds. The van der Waals surface area contributed by atoms with Crippen LogP contribution in [0.5, 0.6) is 0 Å². The maximum Gasteiger partial charge on any atom is 0.251 e. The standard InChI is InChI=1S/C19H31N3O2.2ClH/c1-4-24-11-5-9-22-10-8-18(15(3)13-22)21-19(23)17-12-16(20)7-6-14(17)2;;/h6-7,12,15,18H,4-5,8-11,13,20H2,1-3H3,(H,21,23);2*1H. The molecule has 1 aromatic rings. The number of hydrogen-bond acceptors (Lipinski definition) is 4. The van der Waals surface area contributed by atoms with Crippen LogP contribution >= 0.6 is 24.8 Å². The van der Waals surface area contributed by atoms with Crippen molar-refractivity contribution in [1.29, 1.82) is 0 Å². The first-order valence-corrected chi connectivity index (χ1v) is 8.98. The van der Waals surface area contributed by atoms with Gasteiger partial charge in [-0.25, -0.2) is 0 Å². The second-order valence-electron chi connectivity index (χ2n) is 6.77. The van der Waals surface area contributed by atoms with Crippen molar-refractivity contribution in [1.82, 2.24) is 10.2 Å². The molecule has 0 aliphatic carbocycles. The Morgan fingerprint density at radius 2 is 2.12 bits per heavy atom. The lowest BCUT2D eigenvalue weighted by Gasteiger charge is -2.37. The fourth-order valence-electron chi connectivity index (χ4n) is 3.31. The number of hydrogen-bond donors (Lipinski definition) is 2. The van der Waals surface area contributed by atoms with Gasteiger partial charge in [-0.05, 0) is 50.3 Å². The predicted molar refractivity (Wildman–Crippen MR) is 113 cm³/mol. The zero-order valence-corrected chi connectivity index (χ0v) is 17.6. The van der Waals surface area contributed by atoms with Crippen LogP contribution in [0.4, 0.5) is 5.69 Å². The molecule has 7 heteroatoms. The first-order chi connectivity index (χ1) is 11.5. The van der Waals surface area contributed by atoms with E-state index < -0.39 is 0 Å². The van der Waals surface area contributed by atoms with Crippen molar-refractivity contribution < 1.29 is 9.53 Å². The molecule has 0 spiro atoms. The van der Waals surface area contributed by atoms with Gasteiger partial charge in [0.15, 0.2) is 0 Å². The molecule has 5 nitrogen and oxygen atoms in total. The number of aryl methyl sites for hydroxylation is 1. The third-order valence-electron chi connectivity index (χ3n) is 4.78. The number of amides is 1. The molecule has 0 radical (unpaired) electrons. The second kappa shape index (κ2) is 12.4. The van der Waals surface area contributed by atoms with Gasteiger partial charge in [-0.15, -0.1) is 24.8 Å². The molecule has 2 unspecified atom stereocenters. The lowest BCUT2D eigenvalue weighted by molar-refractivity contribution is 0.0843. The molecule has 1 aromatic carbocycles. The highest BCUT2D eigenvalue weighted by Gasteiger charge is 2.27. The van der Waals surface area contributed by atoms with Crippen molar-refractivity contribution >= 4 is 36.4 Å². The van der Waals surface area contributed by atoms with E-state index in [9.17, 15) is 4.79 Å². The summed E-state index contributed by atoms with van der Waals surface area (Å²) in [6.45, 7) is 10.9. The highest BCUT2D eigenvalue weighted by atomic mass is 35.5. The van der Waals surface area contributed by atoms with E-state index in [0.29, 0.717) is 17.2 Å². The molecule has 2 atom stereocenters. The molecule has 2 rings (SSSR count). The summed E-state index contributed by atoms with van der Waals surface area (Å²) in [5, 5.41) is 3.20. The highest BCUT2D eigenvalue weighted by Crippen LogP contribution is 2.19. The van der Waals surface area contributed by atoms with Gasteiger partial charge in [0.1, 0.15) is 0 Å². The summed E-state index contributed by atoms with van der Waals surface area (Å²) in [7, 11) is 0. The third kappa shape index (κ3) is 7.31. The van der Waals surface area contributed by atoms with Crippen LogP contribution in [0, 0.1) is 12.8 Å². The van der Waals surface area contributed by atoms with Crippen molar-refractivity contribution in [2.75, 3.05) is 38.6 Å². The van der Waals surface area contributed by atoms with Gasteiger partial charge < -0.3 is 20.7 Å². The van der Waals surface area contributed by atoms with E-state index in [2.05, 4.69) is 17.1 Å². The van der Waals surface area contributed by atoms with E-state index >= 15 is 0 Å². The molecule has 1 saturated heterocycles. The fraction of sp³-hybridized carbons (Fsp3) is 0.632. The van der Waals surface area contributed by atoms with E-state index in [1.165, 1.54) is 0 Å². The van der Waals surface area contributed by atoms with Gasteiger partial charge in [0.25, 0.3) is 5.91 Å². The molecule has 1 aliphatic rings. The van der Waals surface area contributed by atoms with Crippen LogP contribution in [-0.4, -0.2) is 49.7 Å². The topological polar surface area (TPSA) is 67.6 Å². The maximum absolute atomic E-state index is 12.6. The molecule has 1 fully saturated rings. The van der Waals surface area contributed by atoms with Gasteiger partial charge in [-0.3, -0.25) is 4.79 Å². The monoisotopic (exact) mass is 405 g/mol. The number of nitrogens with zero attached hydrogens (tertiary/aromatic N) is 1. The van der Waals surface area contributed by atoms with E-state index in [1.807, 2.05) is 26.0 Å². The number of nitrogen functional groups attached to an aromatic ring is 1. The zero-order valence-electron chi connectivity index (χ0n) is 16.0. The van der Waals surface area contributed by atoms with Crippen LogP contribution in [0.15, 0.2) is 18.2 Å². The number of nitrogens with two attached hydrogens (primary N) is 1. The summed E-state index contributed by atoms with van der Waals surface area (Å²) in [5.41, 5.74) is 8.09. The number of anilines is 1. The van der Waals surface area contributed by atoms with Gasteiger partial charge in [0, 0.05) is 50.1 Å². The number of halogens is 2. The van der Waals surface area contributed by atoms with E-state index in [-0.39, 0.29) is 36.8 Å². The number of likely N-dealkylation sites (tertiary alicyclic amines) is 1. The van der Waals surface area contributed by atoms with Crippen molar-refractivity contribution in [3.63, 3.8) is 0 Å². The Morgan fingerprint density at radius 1 is 1.38 bits per heavy atom. The minimum atomic E-state index is -0.0126. The number of piperidine rings is 1. The average molecular weight is 406 g/mol.